The lowest BCUT2D eigenvalue weighted by Crippen LogP contribution is -2.19. The molecule has 0 aliphatic rings. The zero-order chi connectivity index (χ0) is 12.3. The number of rotatable bonds is 3. The summed E-state index contributed by atoms with van der Waals surface area (Å²) in [5.41, 5.74) is -1.30. The second kappa shape index (κ2) is 4.35. The van der Waals surface area contributed by atoms with Crippen molar-refractivity contribution < 1.29 is 27.9 Å². The van der Waals surface area contributed by atoms with Crippen LogP contribution in [0.2, 0.25) is 0 Å². The molecule has 1 rings (SSSR count). The van der Waals surface area contributed by atoms with Crippen LogP contribution in [0.4, 0.5) is 18.9 Å². The molecule has 0 saturated carbocycles. The zero-order valence-corrected chi connectivity index (χ0v) is 7.56. The van der Waals surface area contributed by atoms with Crippen LogP contribution in [0.5, 0.6) is 5.75 Å². The third kappa shape index (κ3) is 2.83. The Bertz CT molecular complexity index is 405. The Morgan fingerprint density at radius 1 is 1.44 bits per heavy atom. The molecular weight excluding hydrogens is 231 g/mol. The van der Waals surface area contributed by atoms with Crippen LogP contribution in [0.25, 0.3) is 0 Å². The molecule has 0 atom stereocenters. The van der Waals surface area contributed by atoms with Crippen molar-refractivity contribution in [2.45, 2.75) is 6.36 Å². The second-order valence-electron chi connectivity index (χ2n) is 2.63. The predicted octanol–water partition coefficient (Wildman–Crippen LogP) is 2.38. The summed E-state index contributed by atoms with van der Waals surface area (Å²) in [5, 5.41) is 19.1. The third-order valence-corrected chi connectivity index (χ3v) is 1.58. The first kappa shape index (κ1) is 12.2. The number of aliphatic hydroxyl groups is 1. The van der Waals surface area contributed by atoms with Crippen LogP contribution >= 0.6 is 0 Å². The van der Waals surface area contributed by atoms with Gasteiger partial charge in [0, 0.05) is 11.6 Å². The molecule has 0 aromatic heterocycles. The maximum Gasteiger partial charge on any atom is 0.573 e. The van der Waals surface area contributed by atoms with E-state index in [-0.39, 0.29) is 0 Å². The van der Waals surface area contributed by atoms with E-state index in [1.54, 1.807) is 0 Å². The zero-order valence-electron chi connectivity index (χ0n) is 7.56. The van der Waals surface area contributed by atoms with Gasteiger partial charge in [0.05, 0.1) is 4.92 Å². The molecule has 5 nitrogen and oxygen atoms in total. The minimum absolute atomic E-state index is 0.300. The highest BCUT2D eigenvalue weighted by Crippen LogP contribution is 2.35. The molecule has 0 unspecified atom stereocenters. The van der Waals surface area contributed by atoms with Crippen LogP contribution in [0.15, 0.2) is 18.2 Å². The summed E-state index contributed by atoms with van der Waals surface area (Å²) in [6.07, 6.45) is -5.07. The Balaban J connectivity index is 3.25. The summed E-state index contributed by atoms with van der Waals surface area (Å²) < 4.78 is 39.4. The summed E-state index contributed by atoms with van der Waals surface area (Å²) in [5.74, 6) is -1.04. The van der Waals surface area contributed by atoms with E-state index in [2.05, 4.69) is 4.74 Å². The van der Waals surface area contributed by atoms with Gasteiger partial charge in [0.1, 0.15) is 6.61 Å². The standard InChI is InChI=1S/C8H5F3NO4/c9-8(10,11)16-7-5(4-13)2-1-3-6(7)12(14)15/h1-4,13H. The number of benzene rings is 1. The van der Waals surface area contributed by atoms with Gasteiger partial charge in [-0.15, -0.1) is 13.2 Å². The van der Waals surface area contributed by atoms with Gasteiger partial charge in [-0.1, -0.05) is 12.1 Å². The van der Waals surface area contributed by atoms with E-state index >= 15 is 0 Å². The molecule has 0 saturated heterocycles. The Labute approximate surface area is 87.2 Å². The third-order valence-electron chi connectivity index (χ3n) is 1.58. The molecule has 0 bridgehead atoms. The highest BCUT2D eigenvalue weighted by molar-refractivity contribution is 5.53. The number of ether oxygens (including phenoxy) is 1. The number of nitro groups is 1. The van der Waals surface area contributed by atoms with Crippen molar-refractivity contribution in [1.82, 2.24) is 0 Å². The number of aliphatic hydroxyl groups excluding tert-OH is 1. The predicted molar refractivity (Wildman–Crippen MR) is 45.1 cm³/mol. The fourth-order valence-corrected chi connectivity index (χ4v) is 1.01. The first-order chi connectivity index (χ1) is 7.35. The maximum absolute atomic E-state index is 12.0. The summed E-state index contributed by atoms with van der Waals surface area (Å²) >= 11 is 0. The molecule has 0 aliphatic carbocycles. The van der Waals surface area contributed by atoms with Crippen LogP contribution < -0.4 is 4.74 Å². The lowest BCUT2D eigenvalue weighted by molar-refractivity contribution is -0.388. The van der Waals surface area contributed by atoms with Gasteiger partial charge in [-0.2, -0.15) is 0 Å². The molecule has 1 radical (unpaired) electrons. The average molecular weight is 236 g/mol. The van der Waals surface area contributed by atoms with Crippen LogP contribution in [0.1, 0.15) is 5.56 Å². The number of hydrogen-bond acceptors (Lipinski definition) is 4. The maximum atomic E-state index is 12.0. The highest BCUT2D eigenvalue weighted by Gasteiger charge is 2.35. The lowest BCUT2D eigenvalue weighted by atomic mass is 10.2. The molecule has 16 heavy (non-hydrogen) atoms. The van der Waals surface area contributed by atoms with Gasteiger partial charge in [-0.3, -0.25) is 10.1 Å². The van der Waals surface area contributed by atoms with Crippen LogP contribution in [-0.4, -0.2) is 16.4 Å². The normalized spacial score (nSPS) is 11.2. The van der Waals surface area contributed by atoms with Gasteiger partial charge in [-0.25, -0.2) is 0 Å². The van der Waals surface area contributed by atoms with Gasteiger partial charge in [0.25, 0.3) is 0 Å². The molecule has 1 aromatic rings. The second-order valence-corrected chi connectivity index (χ2v) is 2.63. The minimum atomic E-state index is -5.07. The van der Waals surface area contributed by atoms with Gasteiger partial charge in [0.2, 0.25) is 5.75 Å². The van der Waals surface area contributed by atoms with E-state index in [1.807, 2.05) is 0 Å². The monoisotopic (exact) mass is 236 g/mol. The van der Waals surface area contributed by atoms with E-state index in [1.165, 1.54) is 0 Å². The summed E-state index contributed by atoms with van der Waals surface area (Å²) in [6, 6.07) is 3.02. The fraction of sp³-hybridized carbons (Fsp3) is 0.125. The van der Waals surface area contributed by atoms with Crippen molar-refractivity contribution in [3.63, 3.8) is 0 Å². The van der Waals surface area contributed by atoms with Crippen LogP contribution in [0, 0.1) is 16.7 Å². The van der Waals surface area contributed by atoms with Crippen LogP contribution in [-0.2, 0) is 0 Å². The number of nitrogens with zero attached hydrogens (tertiary/aromatic N) is 1. The number of halogens is 3. The minimum Gasteiger partial charge on any atom is -0.398 e. The summed E-state index contributed by atoms with van der Waals surface area (Å²) in [7, 11) is 0. The molecular formula is C8H5F3NO4. The van der Waals surface area contributed by atoms with E-state index in [0.29, 0.717) is 6.61 Å². The lowest BCUT2D eigenvalue weighted by Gasteiger charge is -2.11. The van der Waals surface area contributed by atoms with Gasteiger partial charge in [-0.05, 0) is 0 Å². The molecule has 1 aromatic carbocycles. The van der Waals surface area contributed by atoms with Crippen molar-refractivity contribution in [3.8, 4) is 5.75 Å². The topological polar surface area (TPSA) is 72.6 Å². The van der Waals surface area contributed by atoms with Crippen molar-refractivity contribution in [2.24, 2.45) is 0 Å². The van der Waals surface area contributed by atoms with Gasteiger partial charge in [0.15, 0.2) is 0 Å². The Morgan fingerprint density at radius 3 is 2.50 bits per heavy atom. The van der Waals surface area contributed by atoms with E-state index < -0.39 is 28.3 Å². The van der Waals surface area contributed by atoms with Crippen molar-refractivity contribution in [3.05, 3.63) is 40.5 Å². The van der Waals surface area contributed by atoms with E-state index in [0.717, 1.165) is 18.2 Å². The van der Waals surface area contributed by atoms with Gasteiger partial charge >= 0.3 is 12.0 Å². The molecule has 1 N–H and O–H groups in total. The molecule has 87 valence electrons. The smallest absolute Gasteiger partial charge is 0.398 e. The molecule has 0 spiro atoms. The van der Waals surface area contributed by atoms with Crippen LogP contribution in [0.3, 0.4) is 0 Å². The number of alkyl halides is 3. The number of hydrogen-bond donors (Lipinski definition) is 1. The van der Waals surface area contributed by atoms with Crippen molar-refractivity contribution in [1.29, 1.82) is 0 Å². The first-order valence-corrected chi connectivity index (χ1v) is 3.85. The molecule has 0 amide bonds. The Hall–Kier alpha value is -1.83. The highest BCUT2D eigenvalue weighted by atomic mass is 19.4. The average Bonchev–Trinajstić information content (AvgIpc) is 2.15. The first-order valence-electron chi connectivity index (χ1n) is 3.85. The summed E-state index contributed by atoms with van der Waals surface area (Å²) in [6.45, 7) is 0.300. The largest absolute Gasteiger partial charge is 0.573 e. The van der Waals surface area contributed by atoms with Crippen molar-refractivity contribution >= 4 is 5.69 Å². The number of nitro benzene ring substituents is 1. The Kier molecular flexibility index (Phi) is 3.33. The SMILES string of the molecule is O=[N+]([O-])c1cccc([CH]O)c1OC(F)(F)F. The van der Waals surface area contributed by atoms with E-state index in [4.69, 9.17) is 5.11 Å². The quantitative estimate of drug-likeness (QED) is 0.645. The molecule has 8 heteroatoms. The Morgan fingerprint density at radius 2 is 2.06 bits per heavy atom. The molecule has 0 heterocycles. The number of para-hydroxylation sites is 1. The van der Waals surface area contributed by atoms with Gasteiger partial charge < -0.3 is 9.84 Å². The summed E-state index contributed by atoms with van der Waals surface area (Å²) in [4.78, 5) is 9.40. The molecule has 0 aliphatic heterocycles. The van der Waals surface area contributed by atoms with Crippen molar-refractivity contribution in [2.75, 3.05) is 0 Å². The molecule has 0 fully saturated rings. The van der Waals surface area contributed by atoms with E-state index in [9.17, 15) is 23.3 Å². The fourth-order valence-electron chi connectivity index (χ4n) is 1.01.